The van der Waals surface area contributed by atoms with Crippen LogP contribution in [0.4, 0.5) is 17.3 Å². The summed E-state index contributed by atoms with van der Waals surface area (Å²) in [4.78, 5) is 43.5. The largest absolute Gasteiger partial charge is 0.364 e. The van der Waals surface area contributed by atoms with Gasteiger partial charge in [0, 0.05) is 83.4 Å². The van der Waals surface area contributed by atoms with Gasteiger partial charge >= 0.3 is 0 Å². The van der Waals surface area contributed by atoms with Crippen molar-refractivity contribution in [1.82, 2.24) is 39.1 Å². The number of piperazine rings is 2. The van der Waals surface area contributed by atoms with Crippen molar-refractivity contribution in [3.63, 3.8) is 0 Å². The molecule has 43 heavy (non-hydrogen) atoms. The minimum atomic E-state index is 0.0715. The Balaban J connectivity index is 1.11. The van der Waals surface area contributed by atoms with Crippen LogP contribution in [-0.4, -0.2) is 123 Å². The zero-order valence-corrected chi connectivity index (χ0v) is 25.3. The Bertz CT molecular complexity index is 1500. The van der Waals surface area contributed by atoms with Crippen LogP contribution in [0.2, 0.25) is 0 Å². The first kappa shape index (κ1) is 28.8. The smallest absolute Gasteiger partial charge is 0.247 e. The number of hydrogen-bond donors (Lipinski definition) is 1. The maximum Gasteiger partial charge on any atom is 0.247 e. The third kappa shape index (κ3) is 6.26. The molecule has 0 aromatic carbocycles. The van der Waals surface area contributed by atoms with E-state index in [1.165, 1.54) is 0 Å². The summed E-state index contributed by atoms with van der Waals surface area (Å²) in [6, 6.07) is 4.43. The lowest BCUT2D eigenvalue weighted by Gasteiger charge is -2.42. The van der Waals surface area contributed by atoms with E-state index in [-0.39, 0.29) is 30.4 Å². The molecule has 13 heteroatoms. The second kappa shape index (κ2) is 12.5. The van der Waals surface area contributed by atoms with Crippen LogP contribution >= 0.6 is 0 Å². The molecule has 6 heterocycles. The molecule has 3 aromatic rings. The fraction of sp³-hybridized carbons (Fsp3) is 0.533. The Hall–Kier alpha value is -4.26. The third-order valence-electron chi connectivity index (χ3n) is 8.79. The number of fused-ring (bicyclic) bond motifs is 3. The molecular formula is C30H41N11O2. The van der Waals surface area contributed by atoms with Gasteiger partial charge in [0.05, 0.1) is 17.6 Å². The molecule has 2 atom stereocenters. The van der Waals surface area contributed by atoms with Crippen LogP contribution in [0, 0.1) is 0 Å². The minimum absolute atomic E-state index is 0.0715. The first-order valence-corrected chi connectivity index (χ1v) is 15.2. The van der Waals surface area contributed by atoms with E-state index < -0.39 is 0 Å². The van der Waals surface area contributed by atoms with Gasteiger partial charge in [0.2, 0.25) is 17.8 Å². The third-order valence-corrected chi connectivity index (χ3v) is 8.79. The highest BCUT2D eigenvalue weighted by molar-refractivity contribution is 5.83. The number of anilines is 3. The predicted octanol–water partition coefficient (Wildman–Crippen LogP) is 2.05. The number of amides is 2. The van der Waals surface area contributed by atoms with Gasteiger partial charge in [0.15, 0.2) is 5.65 Å². The molecule has 2 bridgehead atoms. The summed E-state index contributed by atoms with van der Waals surface area (Å²) in [6.45, 7) is 7.10. The van der Waals surface area contributed by atoms with E-state index >= 15 is 0 Å². The van der Waals surface area contributed by atoms with Crippen molar-refractivity contribution in [2.45, 2.75) is 51.2 Å². The van der Waals surface area contributed by atoms with E-state index in [1.54, 1.807) is 28.7 Å². The quantitative estimate of drug-likeness (QED) is 0.378. The number of pyridine rings is 1. The van der Waals surface area contributed by atoms with E-state index in [0.29, 0.717) is 12.4 Å². The summed E-state index contributed by atoms with van der Waals surface area (Å²) < 4.78 is 3.43. The van der Waals surface area contributed by atoms with Crippen LogP contribution in [0.1, 0.15) is 32.6 Å². The van der Waals surface area contributed by atoms with Crippen LogP contribution in [0.5, 0.6) is 0 Å². The molecule has 0 spiro atoms. The molecule has 1 N–H and O–H groups in total. The van der Waals surface area contributed by atoms with Gasteiger partial charge in [-0.15, -0.1) is 5.10 Å². The average Bonchev–Trinajstić information content (AvgIpc) is 3.70. The van der Waals surface area contributed by atoms with Crippen LogP contribution < -0.4 is 10.2 Å². The lowest BCUT2D eigenvalue weighted by Crippen LogP contribution is -2.56. The number of hydrogen-bond acceptors (Lipinski definition) is 9. The molecule has 2 amide bonds. The van der Waals surface area contributed by atoms with Gasteiger partial charge in [-0.25, -0.2) is 4.52 Å². The molecule has 228 valence electrons. The fourth-order valence-electron chi connectivity index (χ4n) is 6.40. The summed E-state index contributed by atoms with van der Waals surface area (Å²) in [5, 5.41) is 12.3. The predicted molar refractivity (Wildman–Crippen MR) is 166 cm³/mol. The van der Waals surface area contributed by atoms with Crippen LogP contribution in [-0.2, 0) is 16.1 Å². The SMILES string of the molecule is CC/C(=C\C=NC)CC(=O)N1C2CCC1CN(c1cccn3nc(Nc4cnn(CC(=O)N5CCN(C)CC5)c4)nc13)C2. The second-order valence-electron chi connectivity index (χ2n) is 11.7. The molecule has 3 aromatic heterocycles. The van der Waals surface area contributed by atoms with Crippen molar-refractivity contribution >= 4 is 41.0 Å². The van der Waals surface area contributed by atoms with Gasteiger partial charge in [-0.3, -0.25) is 19.3 Å². The molecule has 6 rings (SSSR count). The van der Waals surface area contributed by atoms with Gasteiger partial charge in [-0.05, 0) is 44.5 Å². The molecule has 13 nitrogen and oxygen atoms in total. The second-order valence-corrected chi connectivity index (χ2v) is 11.7. The van der Waals surface area contributed by atoms with Gasteiger partial charge < -0.3 is 24.9 Å². The molecule has 0 radical (unpaired) electrons. The number of nitrogens with one attached hydrogen (secondary N) is 1. The molecule has 0 aliphatic carbocycles. The summed E-state index contributed by atoms with van der Waals surface area (Å²) in [6.07, 6.45) is 12.4. The Morgan fingerprint density at radius 2 is 1.88 bits per heavy atom. The fourth-order valence-corrected chi connectivity index (χ4v) is 6.40. The molecule has 0 saturated carbocycles. The summed E-state index contributed by atoms with van der Waals surface area (Å²) in [7, 11) is 3.82. The number of carbonyl (C=O) groups excluding carboxylic acids is 2. The lowest BCUT2D eigenvalue weighted by molar-refractivity contribution is -0.134. The average molecular weight is 588 g/mol. The maximum atomic E-state index is 13.3. The highest BCUT2D eigenvalue weighted by atomic mass is 16.2. The van der Waals surface area contributed by atoms with Crippen molar-refractivity contribution in [2.75, 3.05) is 63.6 Å². The van der Waals surface area contributed by atoms with Gasteiger partial charge in [0.1, 0.15) is 6.54 Å². The summed E-state index contributed by atoms with van der Waals surface area (Å²) >= 11 is 0. The van der Waals surface area contributed by atoms with Gasteiger partial charge in [0.25, 0.3) is 0 Å². The number of likely N-dealkylation sites (N-methyl/N-ethyl adjacent to an activating group) is 1. The van der Waals surface area contributed by atoms with Gasteiger partial charge in [-0.1, -0.05) is 12.5 Å². The number of nitrogens with zero attached hydrogens (tertiary/aromatic N) is 10. The Labute approximate surface area is 251 Å². The lowest BCUT2D eigenvalue weighted by atomic mass is 10.1. The van der Waals surface area contributed by atoms with E-state index in [9.17, 15) is 9.59 Å². The first-order chi connectivity index (χ1) is 20.9. The van der Waals surface area contributed by atoms with E-state index in [0.717, 1.165) is 81.1 Å². The zero-order chi connectivity index (χ0) is 29.9. The zero-order valence-electron chi connectivity index (χ0n) is 25.3. The highest BCUT2D eigenvalue weighted by Gasteiger charge is 2.43. The molecule has 3 aliphatic rings. The molecule has 2 unspecified atom stereocenters. The van der Waals surface area contributed by atoms with E-state index in [2.05, 4.69) is 55.2 Å². The molecule has 3 saturated heterocycles. The highest BCUT2D eigenvalue weighted by Crippen LogP contribution is 2.35. The van der Waals surface area contributed by atoms with Crippen LogP contribution in [0.3, 0.4) is 0 Å². The van der Waals surface area contributed by atoms with Crippen molar-refractivity contribution in [3.8, 4) is 0 Å². The number of allylic oxidation sites excluding steroid dienone is 1. The van der Waals surface area contributed by atoms with Crippen molar-refractivity contribution in [2.24, 2.45) is 4.99 Å². The Morgan fingerprint density at radius 3 is 2.60 bits per heavy atom. The molecular weight excluding hydrogens is 546 g/mol. The number of aromatic nitrogens is 5. The Morgan fingerprint density at radius 1 is 1.12 bits per heavy atom. The van der Waals surface area contributed by atoms with Gasteiger partial charge in [-0.2, -0.15) is 10.1 Å². The monoisotopic (exact) mass is 587 g/mol. The van der Waals surface area contributed by atoms with Crippen LogP contribution in [0.15, 0.2) is 47.4 Å². The summed E-state index contributed by atoms with van der Waals surface area (Å²) in [5.74, 6) is 0.744. The maximum absolute atomic E-state index is 13.3. The standard InChI is InChI=1S/C30H41N11O2/c1-4-22(9-10-31-2)16-27(42)41-24-7-8-25(41)20-38(19-24)26-6-5-11-40-29(26)34-30(35-40)33-23-17-32-39(18-23)21-28(43)37-14-12-36(3)13-15-37/h5-6,9-11,17-18,24-25H,4,7-8,12-16,19-21H2,1-3H3,(H,33,35)/b22-9+,31-10?. The molecule has 3 aliphatic heterocycles. The summed E-state index contributed by atoms with van der Waals surface area (Å²) in [5.41, 5.74) is 3.60. The Kier molecular flexibility index (Phi) is 8.41. The number of aliphatic imine (C=N–C) groups is 1. The first-order valence-electron chi connectivity index (χ1n) is 15.2. The molecule has 3 fully saturated rings. The van der Waals surface area contributed by atoms with Crippen LogP contribution in [0.25, 0.3) is 5.65 Å². The minimum Gasteiger partial charge on any atom is -0.364 e. The van der Waals surface area contributed by atoms with Crippen molar-refractivity contribution in [1.29, 1.82) is 0 Å². The van der Waals surface area contributed by atoms with E-state index in [4.69, 9.17) is 4.98 Å². The number of rotatable bonds is 9. The van der Waals surface area contributed by atoms with Crippen molar-refractivity contribution in [3.05, 3.63) is 42.4 Å². The number of carbonyl (C=O) groups is 2. The van der Waals surface area contributed by atoms with Crippen molar-refractivity contribution < 1.29 is 9.59 Å². The normalized spacial score (nSPS) is 21.4. The van der Waals surface area contributed by atoms with E-state index in [1.807, 2.05) is 29.4 Å². The topological polar surface area (TPSA) is 119 Å².